The second-order valence-corrected chi connectivity index (χ2v) is 8.50. The zero-order valence-corrected chi connectivity index (χ0v) is 15.9. The topological polar surface area (TPSA) is 111 Å². The van der Waals surface area contributed by atoms with Crippen LogP contribution in [0.15, 0.2) is 29.2 Å². The molecule has 148 valence electrons. The molecule has 3 rings (SSSR count). The van der Waals surface area contributed by atoms with E-state index in [-0.39, 0.29) is 41.9 Å². The molecule has 2 saturated heterocycles. The van der Waals surface area contributed by atoms with Crippen LogP contribution in [0, 0.1) is 0 Å². The molecule has 1 aromatic carbocycles. The van der Waals surface area contributed by atoms with Crippen LogP contribution in [0.5, 0.6) is 0 Å². The monoisotopic (exact) mass is 395 g/mol. The molecule has 0 bridgehead atoms. The van der Waals surface area contributed by atoms with E-state index in [1.807, 2.05) is 0 Å². The van der Waals surface area contributed by atoms with E-state index in [4.69, 9.17) is 0 Å². The van der Waals surface area contributed by atoms with E-state index >= 15 is 0 Å². The van der Waals surface area contributed by atoms with Crippen molar-refractivity contribution >= 4 is 21.8 Å². The number of sulfonamides is 1. The number of piperazine rings is 2. The van der Waals surface area contributed by atoms with Crippen LogP contribution in [0.2, 0.25) is 0 Å². The van der Waals surface area contributed by atoms with Crippen LogP contribution in [-0.2, 0) is 14.8 Å². The van der Waals surface area contributed by atoms with E-state index in [9.17, 15) is 18.0 Å². The Kier molecular flexibility index (Phi) is 6.42. The van der Waals surface area contributed by atoms with Gasteiger partial charge in [0.25, 0.3) is 5.91 Å². The third-order valence-corrected chi connectivity index (χ3v) is 6.50. The van der Waals surface area contributed by atoms with Crippen molar-refractivity contribution in [2.75, 3.05) is 58.9 Å². The van der Waals surface area contributed by atoms with Crippen molar-refractivity contribution in [2.24, 2.45) is 0 Å². The molecule has 2 amide bonds. The zero-order valence-electron chi connectivity index (χ0n) is 15.1. The highest BCUT2D eigenvalue weighted by Gasteiger charge is 2.29. The largest absolute Gasteiger partial charge is 0.354 e. The fraction of sp³-hybridized carbons (Fsp3) is 0.529. The van der Waals surface area contributed by atoms with Crippen molar-refractivity contribution in [3.63, 3.8) is 0 Å². The predicted molar refractivity (Wildman–Crippen MR) is 99.9 cm³/mol. The van der Waals surface area contributed by atoms with Crippen LogP contribution in [0.4, 0.5) is 0 Å². The van der Waals surface area contributed by atoms with E-state index < -0.39 is 10.0 Å². The van der Waals surface area contributed by atoms with Crippen LogP contribution >= 0.6 is 0 Å². The third kappa shape index (κ3) is 5.04. The average Bonchev–Trinajstić information content (AvgIpc) is 2.69. The van der Waals surface area contributed by atoms with Gasteiger partial charge in [-0.15, -0.1) is 0 Å². The summed E-state index contributed by atoms with van der Waals surface area (Å²) >= 11 is 0. The first-order chi connectivity index (χ1) is 13.0. The van der Waals surface area contributed by atoms with Crippen LogP contribution in [0.25, 0.3) is 0 Å². The van der Waals surface area contributed by atoms with Crippen LogP contribution in [0.1, 0.15) is 10.4 Å². The highest BCUT2D eigenvalue weighted by Crippen LogP contribution is 2.18. The number of benzene rings is 1. The molecule has 2 aliphatic rings. The van der Waals surface area contributed by atoms with Crippen molar-refractivity contribution in [1.82, 2.24) is 25.2 Å². The maximum atomic E-state index is 12.7. The van der Waals surface area contributed by atoms with Crippen molar-refractivity contribution < 1.29 is 18.0 Å². The highest BCUT2D eigenvalue weighted by molar-refractivity contribution is 7.89. The second-order valence-electron chi connectivity index (χ2n) is 6.56. The lowest BCUT2D eigenvalue weighted by atomic mass is 10.2. The molecule has 0 atom stereocenters. The maximum Gasteiger partial charge on any atom is 0.251 e. The van der Waals surface area contributed by atoms with Gasteiger partial charge < -0.3 is 16.0 Å². The summed E-state index contributed by atoms with van der Waals surface area (Å²) in [6.45, 7) is 5.35. The maximum absolute atomic E-state index is 12.7. The summed E-state index contributed by atoms with van der Waals surface area (Å²) in [6, 6.07) is 5.94. The average molecular weight is 395 g/mol. The lowest BCUT2D eigenvalue weighted by Crippen LogP contribution is -2.49. The summed E-state index contributed by atoms with van der Waals surface area (Å²) in [4.78, 5) is 26.1. The molecular weight excluding hydrogens is 370 g/mol. The minimum Gasteiger partial charge on any atom is -0.354 e. The molecule has 0 unspecified atom stereocenters. The lowest BCUT2D eigenvalue weighted by molar-refractivity contribution is -0.122. The van der Waals surface area contributed by atoms with Gasteiger partial charge in [0.05, 0.1) is 11.4 Å². The van der Waals surface area contributed by atoms with E-state index in [1.165, 1.54) is 12.1 Å². The van der Waals surface area contributed by atoms with Gasteiger partial charge in [-0.05, 0) is 18.2 Å². The second kappa shape index (κ2) is 8.79. The molecule has 2 heterocycles. The van der Waals surface area contributed by atoms with Gasteiger partial charge in [-0.3, -0.25) is 14.5 Å². The fourth-order valence-corrected chi connectivity index (χ4v) is 4.57. The normalized spacial score (nSPS) is 19.5. The van der Waals surface area contributed by atoms with E-state index in [0.29, 0.717) is 6.54 Å². The van der Waals surface area contributed by atoms with Crippen LogP contribution in [-0.4, -0.2) is 88.3 Å². The molecule has 10 heteroatoms. The number of rotatable bonds is 6. The van der Waals surface area contributed by atoms with E-state index in [0.717, 1.165) is 37.0 Å². The van der Waals surface area contributed by atoms with Crippen LogP contribution in [0.3, 0.4) is 0 Å². The molecule has 0 aliphatic carbocycles. The van der Waals surface area contributed by atoms with Crippen molar-refractivity contribution in [2.45, 2.75) is 4.90 Å². The Morgan fingerprint density at radius 1 is 1.15 bits per heavy atom. The Balaban J connectivity index is 1.62. The van der Waals surface area contributed by atoms with Gasteiger partial charge >= 0.3 is 0 Å². The zero-order chi connectivity index (χ0) is 19.3. The molecule has 9 nitrogen and oxygen atoms in total. The molecular formula is C17H25N5O4S. The smallest absolute Gasteiger partial charge is 0.251 e. The number of amides is 2. The molecule has 2 fully saturated rings. The summed E-state index contributed by atoms with van der Waals surface area (Å²) in [5, 5.41) is 8.71. The Morgan fingerprint density at radius 3 is 2.67 bits per heavy atom. The Morgan fingerprint density at radius 2 is 1.93 bits per heavy atom. The summed E-state index contributed by atoms with van der Waals surface area (Å²) in [7, 11) is -3.81. The predicted octanol–water partition coefficient (Wildman–Crippen LogP) is -1.56. The van der Waals surface area contributed by atoms with Gasteiger partial charge in [-0.1, -0.05) is 6.07 Å². The quantitative estimate of drug-likeness (QED) is 0.537. The summed E-state index contributed by atoms with van der Waals surface area (Å²) < 4.78 is 26.6. The number of hydrogen-bond acceptors (Lipinski definition) is 6. The first-order valence-electron chi connectivity index (χ1n) is 9.05. The summed E-state index contributed by atoms with van der Waals surface area (Å²) in [5.41, 5.74) is 0.290. The number of nitrogens with one attached hydrogen (secondary N) is 3. The summed E-state index contributed by atoms with van der Waals surface area (Å²) in [5.74, 6) is -0.634. The molecule has 3 N–H and O–H groups in total. The molecule has 2 aliphatic heterocycles. The first-order valence-corrected chi connectivity index (χ1v) is 10.5. The Hall–Kier alpha value is -2.01. The van der Waals surface area contributed by atoms with Gasteiger partial charge in [0.2, 0.25) is 15.9 Å². The molecule has 27 heavy (non-hydrogen) atoms. The minimum atomic E-state index is -3.81. The number of carbonyl (C=O) groups is 2. The van der Waals surface area contributed by atoms with E-state index in [2.05, 4.69) is 20.9 Å². The number of nitrogens with zero attached hydrogens (tertiary/aromatic N) is 2. The number of carbonyl (C=O) groups excluding carboxylic acids is 2. The van der Waals surface area contributed by atoms with Gasteiger partial charge in [0.15, 0.2) is 0 Å². The van der Waals surface area contributed by atoms with Gasteiger partial charge in [-0.25, -0.2) is 8.42 Å². The van der Waals surface area contributed by atoms with E-state index in [1.54, 1.807) is 12.1 Å². The Bertz CT molecular complexity index is 792. The molecule has 0 aromatic heterocycles. The lowest BCUT2D eigenvalue weighted by Gasteiger charge is -2.27. The fourth-order valence-electron chi connectivity index (χ4n) is 3.13. The minimum absolute atomic E-state index is 0.0203. The van der Waals surface area contributed by atoms with Crippen molar-refractivity contribution in [1.29, 1.82) is 0 Å². The van der Waals surface area contributed by atoms with Gasteiger partial charge in [0, 0.05) is 57.9 Å². The third-order valence-electron chi connectivity index (χ3n) is 4.66. The molecule has 0 saturated carbocycles. The first kappa shape index (κ1) is 19.7. The Labute approximate surface area is 159 Å². The SMILES string of the molecule is O=C1CN(S(=O)(=O)c2cccc(C(=O)NCCN3CCNCC3)c2)CCN1. The van der Waals surface area contributed by atoms with Crippen molar-refractivity contribution in [3.05, 3.63) is 29.8 Å². The van der Waals surface area contributed by atoms with Crippen molar-refractivity contribution in [3.8, 4) is 0 Å². The van der Waals surface area contributed by atoms with Gasteiger partial charge in [0.1, 0.15) is 0 Å². The summed E-state index contributed by atoms with van der Waals surface area (Å²) in [6.07, 6.45) is 0. The molecule has 0 radical (unpaired) electrons. The van der Waals surface area contributed by atoms with Gasteiger partial charge in [-0.2, -0.15) is 4.31 Å². The number of hydrogen-bond donors (Lipinski definition) is 3. The van der Waals surface area contributed by atoms with Crippen LogP contribution < -0.4 is 16.0 Å². The highest BCUT2D eigenvalue weighted by atomic mass is 32.2. The standard InChI is InChI=1S/C17H25N5O4S/c23-16-13-22(11-7-19-16)27(25,26)15-3-1-2-14(12-15)17(24)20-6-10-21-8-4-18-5-9-21/h1-3,12,18H,4-11,13H2,(H,19,23)(H,20,24). The molecule has 0 spiro atoms. The molecule has 1 aromatic rings.